The summed E-state index contributed by atoms with van der Waals surface area (Å²) in [4.78, 5) is 20.3. The summed E-state index contributed by atoms with van der Waals surface area (Å²) in [6, 6.07) is 0.591. The van der Waals surface area contributed by atoms with Gasteiger partial charge in [-0.25, -0.2) is 4.98 Å². The van der Waals surface area contributed by atoms with Crippen LogP contribution in [0, 0.1) is 3.57 Å². The van der Waals surface area contributed by atoms with Gasteiger partial charge in [0, 0.05) is 12.6 Å². The van der Waals surface area contributed by atoms with Gasteiger partial charge in [0.1, 0.15) is 9.39 Å². The molecule has 0 aliphatic heterocycles. The first-order valence-corrected chi connectivity index (χ1v) is 7.27. The Morgan fingerprint density at radius 1 is 1.50 bits per heavy atom. The minimum absolute atomic E-state index is 0.0901. The Morgan fingerprint density at radius 3 is 2.89 bits per heavy atom. The van der Waals surface area contributed by atoms with Crippen LogP contribution in [0.1, 0.15) is 26.7 Å². The fraction of sp³-hybridized carbons (Fsp3) is 0.667. The van der Waals surface area contributed by atoms with E-state index < -0.39 is 0 Å². The van der Waals surface area contributed by atoms with Crippen LogP contribution in [0.4, 0.5) is 5.82 Å². The van der Waals surface area contributed by atoms with Gasteiger partial charge in [-0.3, -0.25) is 4.79 Å². The first-order valence-electron chi connectivity index (χ1n) is 6.19. The lowest BCUT2D eigenvalue weighted by Gasteiger charge is -2.20. The van der Waals surface area contributed by atoms with Gasteiger partial charge in [0.15, 0.2) is 0 Å². The minimum Gasteiger partial charge on any atom is -0.369 e. The van der Waals surface area contributed by atoms with Crippen molar-refractivity contribution in [3.05, 3.63) is 20.3 Å². The maximum atomic E-state index is 11.3. The van der Waals surface area contributed by atoms with Crippen molar-refractivity contribution in [1.82, 2.24) is 14.9 Å². The normalized spacial score (nSPS) is 11.2. The van der Waals surface area contributed by atoms with Crippen molar-refractivity contribution in [2.75, 3.05) is 25.5 Å². The highest BCUT2D eigenvalue weighted by Gasteiger charge is 2.04. The number of unbranched alkanes of at least 4 members (excludes halogenated alkanes) is 1. The first kappa shape index (κ1) is 15.4. The molecule has 6 heteroatoms. The molecule has 1 rings (SSSR count). The van der Waals surface area contributed by atoms with E-state index in [1.807, 2.05) is 22.6 Å². The number of H-pyrrole nitrogens is 1. The fourth-order valence-corrected chi connectivity index (χ4v) is 1.94. The van der Waals surface area contributed by atoms with Gasteiger partial charge in [-0.1, -0.05) is 0 Å². The van der Waals surface area contributed by atoms with Crippen molar-refractivity contribution < 1.29 is 0 Å². The second-order valence-corrected chi connectivity index (χ2v) is 5.68. The topological polar surface area (TPSA) is 61.0 Å². The lowest BCUT2D eigenvalue weighted by Crippen LogP contribution is -2.27. The summed E-state index contributed by atoms with van der Waals surface area (Å²) in [6.45, 7) is 6.33. The number of nitrogens with one attached hydrogen (secondary N) is 2. The highest BCUT2D eigenvalue weighted by atomic mass is 127. The zero-order chi connectivity index (χ0) is 13.5. The number of aromatic amines is 1. The summed E-state index contributed by atoms with van der Waals surface area (Å²) >= 11 is 2.01. The van der Waals surface area contributed by atoms with E-state index in [0.717, 1.165) is 25.9 Å². The van der Waals surface area contributed by atoms with Crippen molar-refractivity contribution in [2.24, 2.45) is 0 Å². The van der Waals surface area contributed by atoms with Gasteiger partial charge >= 0.3 is 0 Å². The first-order chi connectivity index (χ1) is 8.52. The number of hydrogen-bond acceptors (Lipinski definition) is 4. The second-order valence-electron chi connectivity index (χ2n) is 4.60. The van der Waals surface area contributed by atoms with Crippen LogP contribution < -0.4 is 10.9 Å². The quantitative estimate of drug-likeness (QED) is 0.573. The monoisotopic (exact) mass is 364 g/mol. The number of rotatable bonds is 7. The Kier molecular flexibility index (Phi) is 6.62. The summed E-state index contributed by atoms with van der Waals surface area (Å²) in [6.07, 6.45) is 3.64. The summed E-state index contributed by atoms with van der Waals surface area (Å²) in [5, 5.41) is 3.20. The van der Waals surface area contributed by atoms with Crippen LogP contribution in [0.25, 0.3) is 0 Å². The molecule has 0 spiro atoms. The van der Waals surface area contributed by atoms with Crippen LogP contribution in [0.3, 0.4) is 0 Å². The maximum Gasteiger partial charge on any atom is 0.266 e. The predicted octanol–water partition coefficient (Wildman–Crippen LogP) is 1.91. The van der Waals surface area contributed by atoms with E-state index in [-0.39, 0.29) is 5.56 Å². The van der Waals surface area contributed by atoms with Gasteiger partial charge in [-0.2, -0.15) is 0 Å². The smallest absolute Gasteiger partial charge is 0.266 e. The largest absolute Gasteiger partial charge is 0.369 e. The Labute approximate surface area is 122 Å². The summed E-state index contributed by atoms with van der Waals surface area (Å²) in [7, 11) is 2.14. The van der Waals surface area contributed by atoms with Crippen LogP contribution in [0.15, 0.2) is 11.1 Å². The number of nitrogens with zero attached hydrogens (tertiary/aromatic N) is 2. The number of anilines is 1. The minimum atomic E-state index is -0.0901. The average Bonchev–Trinajstić information content (AvgIpc) is 2.33. The summed E-state index contributed by atoms with van der Waals surface area (Å²) in [5.41, 5.74) is -0.0901. The fourth-order valence-electron chi connectivity index (χ4n) is 1.46. The van der Waals surface area contributed by atoms with Crippen molar-refractivity contribution in [3.8, 4) is 0 Å². The van der Waals surface area contributed by atoms with Crippen LogP contribution >= 0.6 is 22.6 Å². The molecule has 0 fully saturated rings. The third-order valence-electron chi connectivity index (χ3n) is 2.91. The zero-order valence-corrected chi connectivity index (χ0v) is 13.3. The molecule has 0 saturated carbocycles. The van der Waals surface area contributed by atoms with Crippen molar-refractivity contribution in [2.45, 2.75) is 32.7 Å². The molecule has 0 bridgehead atoms. The predicted molar refractivity (Wildman–Crippen MR) is 83.1 cm³/mol. The van der Waals surface area contributed by atoms with E-state index in [4.69, 9.17) is 0 Å². The molecule has 0 aliphatic carbocycles. The van der Waals surface area contributed by atoms with E-state index in [1.54, 1.807) is 0 Å². The molecular weight excluding hydrogens is 343 g/mol. The van der Waals surface area contributed by atoms with Crippen molar-refractivity contribution >= 4 is 28.4 Å². The summed E-state index contributed by atoms with van der Waals surface area (Å²) in [5.74, 6) is 0.677. The van der Waals surface area contributed by atoms with E-state index in [0.29, 0.717) is 15.4 Å². The standard InChI is InChI=1S/C12H21IN4O/c1-9(2)17(3)7-5-4-6-14-11-10(13)12(18)16-8-15-11/h8-9H,4-7H2,1-3H3,(H2,14,15,16,18). The van der Waals surface area contributed by atoms with Crippen molar-refractivity contribution in [3.63, 3.8) is 0 Å². The number of halogens is 1. The maximum absolute atomic E-state index is 11.3. The number of aromatic nitrogens is 2. The molecule has 1 aromatic rings. The summed E-state index contributed by atoms with van der Waals surface area (Å²) < 4.78 is 0.620. The van der Waals surface area contributed by atoms with E-state index in [9.17, 15) is 4.79 Å². The molecule has 0 aliphatic rings. The lowest BCUT2D eigenvalue weighted by molar-refractivity contribution is 0.269. The van der Waals surface area contributed by atoms with Gasteiger partial charge in [0.2, 0.25) is 0 Å². The molecule has 0 saturated heterocycles. The van der Waals surface area contributed by atoms with Crippen LogP contribution in [-0.2, 0) is 0 Å². The van der Waals surface area contributed by atoms with Gasteiger partial charge in [-0.15, -0.1) is 0 Å². The molecule has 1 heterocycles. The zero-order valence-electron chi connectivity index (χ0n) is 11.2. The molecule has 0 unspecified atom stereocenters. The van der Waals surface area contributed by atoms with Gasteiger partial charge in [0.25, 0.3) is 5.56 Å². The van der Waals surface area contributed by atoms with Crippen LogP contribution in [0.2, 0.25) is 0 Å². The molecule has 1 aromatic heterocycles. The van der Waals surface area contributed by atoms with E-state index >= 15 is 0 Å². The highest BCUT2D eigenvalue weighted by molar-refractivity contribution is 14.1. The Hall–Kier alpha value is -0.630. The molecule has 5 nitrogen and oxygen atoms in total. The number of hydrogen-bond donors (Lipinski definition) is 2. The molecule has 0 aromatic carbocycles. The van der Waals surface area contributed by atoms with Gasteiger partial charge in [0.05, 0.1) is 6.33 Å². The Morgan fingerprint density at radius 2 is 2.22 bits per heavy atom. The Balaban J connectivity index is 2.26. The third kappa shape index (κ3) is 4.93. The molecule has 18 heavy (non-hydrogen) atoms. The van der Waals surface area contributed by atoms with Crippen LogP contribution in [-0.4, -0.2) is 41.0 Å². The molecule has 0 radical (unpaired) electrons. The molecule has 102 valence electrons. The van der Waals surface area contributed by atoms with Crippen LogP contribution in [0.5, 0.6) is 0 Å². The highest BCUT2D eigenvalue weighted by Crippen LogP contribution is 2.08. The SMILES string of the molecule is CC(C)N(C)CCCCNc1nc[nH]c(=O)c1I. The molecule has 0 amide bonds. The average molecular weight is 364 g/mol. The molecular formula is C12H21IN4O. The van der Waals surface area contributed by atoms with Crippen molar-refractivity contribution in [1.29, 1.82) is 0 Å². The molecule has 2 N–H and O–H groups in total. The Bertz CT molecular complexity index is 419. The van der Waals surface area contributed by atoms with E-state index in [2.05, 4.69) is 41.1 Å². The van der Waals surface area contributed by atoms with Gasteiger partial charge < -0.3 is 15.2 Å². The third-order valence-corrected chi connectivity index (χ3v) is 3.91. The second kappa shape index (κ2) is 7.73. The van der Waals surface area contributed by atoms with Gasteiger partial charge in [-0.05, 0) is 62.9 Å². The molecule has 0 atom stereocenters. The van der Waals surface area contributed by atoms with E-state index in [1.165, 1.54) is 6.33 Å². The lowest BCUT2D eigenvalue weighted by atomic mass is 10.2.